The van der Waals surface area contributed by atoms with Crippen molar-refractivity contribution >= 4 is 17.0 Å². The van der Waals surface area contributed by atoms with Crippen molar-refractivity contribution in [3.63, 3.8) is 0 Å². The first kappa shape index (κ1) is 11.4. The maximum Gasteiger partial charge on any atom is 0.341 e. The molecule has 0 aromatic carbocycles. The highest BCUT2D eigenvalue weighted by molar-refractivity contribution is 5.99. The van der Waals surface area contributed by atoms with Gasteiger partial charge in [-0.15, -0.1) is 0 Å². The molecule has 0 bridgehead atoms. The average molecular weight is 235 g/mol. The Morgan fingerprint density at radius 1 is 1.47 bits per heavy atom. The van der Waals surface area contributed by atoms with Crippen LogP contribution in [0.25, 0.3) is 11.0 Å². The van der Waals surface area contributed by atoms with Crippen molar-refractivity contribution in [1.82, 2.24) is 14.8 Å². The van der Waals surface area contributed by atoms with Crippen LogP contribution in [0.4, 0.5) is 0 Å². The molecule has 0 fully saturated rings. The lowest BCUT2D eigenvalue weighted by Crippen LogP contribution is -2.07. The van der Waals surface area contributed by atoms with E-state index in [1.54, 1.807) is 11.6 Å². The van der Waals surface area contributed by atoms with Gasteiger partial charge in [0.25, 0.3) is 0 Å². The van der Waals surface area contributed by atoms with Crippen LogP contribution < -0.4 is 0 Å². The largest absolute Gasteiger partial charge is 0.506 e. The summed E-state index contributed by atoms with van der Waals surface area (Å²) in [5.74, 6) is -1.42. The molecule has 2 aromatic rings. The average Bonchev–Trinajstić information content (AvgIpc) is 2.71. The third-order valence-corrected chi connectivity index (χ3v) is 2.68. The van der Waals surface area contributed by atoms with E-state index in [0.717, 1.165) is 0 Å². The summed E-state index contributed by atoms with van der Waals surface area (Å²) in [6, 6.07) is 0. The Labute approximate surface area is 97.5 Å². The molecule has 0 saturated heterocycles. The molecule has 2 heterocycles. The summed E-state index contributed by atoms with van der Waals surface area (Å²) in [6.07, 6.45) is 1.88. The summed E-state index contributed by atoms with van der Waals surface area (Å²) in [6.45, 7) is 4.32. The minimum absolute atomic E-state index is 0.129. The van der Waals surface area contributed by atoms with E-state index in [2.05, 4.69) is 10.1 Å². The smallest absolute Gasteiger partial charge is 0.341 e. The SMILES string of the molecule is CCc1nc2c(cnn2CC)c(O)c1C(=O)O. The maximum atomic E-state index is 11.1. The highest BCUT2D eigenvalue weighted by Gasteiger charge is 2.21. The Hall–Kier alpha value is -2.11. The van der Waals surface area contributed by atoms with Gasteiger partial charge in [-0.2, -0.15) is 5.10 Å². The first-order valence-electron chi connectivity index (χ1n) is 5.40. The van der Waals surface area contributed by atoms with E-state index in [4.69, 9.17) is 5.11 Å². The Morgan fingerprint density at radius 2 is 2.18 bits per heavy atom. The molecular formula is C11H13N3O3. The normalized spacial score (nSPS) is 10.9. The van der Waals surface area contributed by atoms with Crippen LogP contribution in [0.2, 0.25) is 0 Å². The Bertz CT molecular complexity index is 589. The highest BCUT2D eigenvalue weighted by Crippen LogP contribution is 2.29. The molecule has 90 valence electrons. The van der Waals surface area contributed by atoms with E-state index in [9.17, 15) is 9.90 Å². The minimum Gasteiger partial charge on any atom is -0.506 e. The van der Waals surface area contributed by atoms with Gasteiger partial charge in [0.1, 0.15) is 11.3 Å². The van der Waals surface area contributed by atoms with E-state index >= 15 is 0 Å². The van der Waals surface area contributed by atoms with Crippen molar-refractivity contribution in [3.05, 3.63) is 17.5 Å². The molecule has 0 saturated carbocycles. The number of aromatic carboxylic acids is 1. The van der Waals surface area contributed by atoms with Crippen molar-refractivity contribution in [2.45, 2.75) is 26.8 Å². The summed E-state index contributed by atoms with van der Waals surface area (Å²) < 4.78 is 1.62. The summed E-state index contributed by atoms with van der Waals surface area (Å²) in [4.78, 5) is 15.4. The molecule has 0 spiro atoms. The van der Waals surface area contributed by atoms with Gasteiger partial charge in [-0.1, -0.05) is 6.92 Å². The standard InChI is InChI=1S/C11H13N3O3/c1-3-7-8(11(16)17)9(15)6-5-12-14(4-2)10(6)13-7/h5H,3-4H2,1-2H3,(H,13,15)(H,16,17). The number of nitrogens with zero attached hydrogens (tertiary/aromatic N) is 3. The molecule has 0 unspecified atom stereocenters. The number of carboxylic acids is 1. The first-order chi connectivity index (χ1) is 8.10. The van der Waals surface area contributed by atoms with Gasteiger partial charge in [0.05, 0.1) is 17.3 Å². The number of pyridine rings is 1. The van der Waals surface area contributed by atoms with Gasteiger partial charge in [0.2, 0.25) is 0 Å². The highest BCUT2D eigenvalue weighted by atomic mass is 16.4. The van der Waals surface area contributed by atoms with E-state index < -0.39 is 5.97 Å². The summed E-state index contributed by atoms with van der Waals surface area (Å²) in [5.41, 5.74) is 0.764. The predicted octanol–water partition coefficient (Wildman–Crippen LogP) is 1.42. The predicted molar refractivity (Wildman–Crippen MR) is 61.2 cm³/mol. The number of carboxylic acid groups (broad SMARTS) is 1. The van der Waals surface area contributed by atoms with Crippen LogP contribution in [0.5, 0.6) is 5.75 Å². The number of aromatic hydroxyl groups is 1. The van der Waals surface area contributed by atoms with E-state index in [-0.39, 0.29) is 11.3 Å². The van der Waals surface area contributed by atoms with Crippen molar-refractivity contribution in [2.24, 2.45) is 0 Å². The maximum absolute atomic E-state index is 11.1. The van der Waals surface area contributed by atoms with Gasteiger partial charge in [0, 0.05) is 6.54 Å². The van der Waals surface area contributed by atoms with Crippen molar-refractivity contribution < 1.29 is 15.0 Å². The second kappa shape index (κ2) is 4.04. The third-order valence-electron chi connectivity index (χ3n) is 2.68. The van der Waals surface area contributed by atoms with Crippen LogP contribution in [0, 0.1) is 0 Å². The van der Waals surface area contributed by atoms with Crippen LogP contribution in [-0.4, -0.2) is 30.9 Å². The fraction of sp³-hybridized carbons (Fsp3) is 0.364. The zero-order valence-electron chi connectivity index (χ0n) is 9.64. The molecule has 0 aliphatic heterocycles. The van der Waals surface area contributed by atoms with Crippen molar-refractivity contribution in [3.8, 4) is 5.75 Å². The molecule has 2 aromatic heterocycles. The first-order valence-corrected chi connectivity index (χ1v) is 5.40. The summed E-state index contributed by atoms with van der Waals surface area (Å²) in [5, 5.41) is 23.5. The minimum atomic E-state index is -1.17. The second-order valence-electron chi connectivity index (χ2n) is 3.64. The quantitative estimate of drug-likeness (QED) is 0.839. The Balaban J connectivity index is 2.84. The van der Waals surface area contributed by atoms with Gasteiger partial charge in [-0.25, -0.2) is 14.5 Å². The molecule has 6 nitrogen and oxygen atoms in total. The fourth-order valence-corrected chi connectivity index (χ4v) is 1.83. The number of hydrogen-bond donors (Lipinski definition) is 2. The zero-order chi connectivity index (χ0) is 12.6. The number of aryl methyl sites for hydroxylation is 2. The number of hydrogen-bond acceptors (Lipinski definition) is 4. The monoisotopic (exact) mass is 235 g/mol. The lowest BCUT2D eigenvalue weighted by atomic mass is 10.1. The zero-order valence-corrected chi connectivity index (χ0v) is 9.64. The molecule has 0 aliphatic carbocycles. The number of fused-ring (bicyclic) bond motifs is 1. The fourth-order valence-electron chi connectivity index (χ4n) is 1.83. The number of rotatable bonds is 3. The van der Waals surface area contributed by atoms with Crippen molar-refractivity contribution in [2.75, 3.05) is 0 Å². The van der Waals surface area contributed by atoms with Gasteiger partial charge < -0.3 is 10.2 Å². The van der Waals surface area contributed by atoms with Crippen LogP contribution in [0.15, 0.2) is 6.20 Å². The molecule has 2 N–H and O–H groups in total. The van der Waals surface area contributed by atoms with Gasteiger partial charge in [-0.05, 0) is 13.3 Å². The molecule has 0 atom stereocenters. The molecule has 0 radical (unpaired) electrons. The van der Waals surface area contributed by atoms with Gasteiger partial charge >= 0.3 is 5.97 Å². The van der Waals surface area contributed by atoms with Crippen LogP contribution in [-0.2, 0) is 13.0 Å². The van der Waals surface area contributed by atoms with Crippen LogP contribution in [0.1, 0.15) is 29.9 Å². The van der Waals surface area contributed by atoms with Gasteiger partial charge in [-0.3, -0.25) is 0 Å². The summed E-state index contributed by atoms with van der Waals surface area (Å²) in [7, 11) is 0. The van der Waals surface area contributed by atoms with E-state index in [1.807, 2.05) is 6.92 Å². The molecule has 2 rings (SSSR count). The third kappa shape index (κ3) is 1.61. The van der Waals surface area contributed by atoms with Crippen molar-refractivity contribution in [1.29, 1.82) is 0 Å². The summed E-state index contributed by atoms with van der Waals surface area (Å²) >= 11 is 0. The Kier molecular flexibility index (Phi) is 2.71. The molecule has 6 heteroatoms. The Morgan fingerprint density at radius 3 is 2.71 bits per heavy atom. The lowest BCUT2D eigenvalue weighted by Gasteiger charge is -2.07. The lowest BCUT2D eigenvalue weighted by molar-refractivity contribution is 0.0692. The number of carbonyl (C=O) groups is 1. The molecular weight excluding hydrogens is 222 g/mol. The van der Waals surface area contributed by atoms with Gasteiger partial charge in [0.15, 0.2) is 5.65 Å². The van der Waals surface area contributed by atoms with E-state index in [0.29, 0.717) is 29.7 Å². The molecule has 0 amide bonds. The van der Waals surface area contributed by atoms with Crippen LogP contribution >= 0.6 is 0 Å². The van der Waals surface area contributed by atoms with E-state index in [1.165, 1.54) is 6.20 Å². The molecule has 0 aliphatic rings. The van der Waals surface area contributed by atoms with Crippen LogP contribution in [0.3, 0.4) is 0 Å². The topological polar surface area (TPSA) is 88.2 Å². The molecule has 17 heavy (non-hydrogen) atoms. The second-order valence-corrected chi connectivity index (χ2v) is 3.64. The number of aromatic nitrogens is 3.